The third-order valence-electron chi connectivity index (χ3n) is 6.01. The van der Waals surface area contributed by atoms with Gasteiger partial charge in [-0.2, -0.15) is 4.72 Å². The van der Waals surface area contributed by atoms with Crippen molar-refractivity contribution in [3.8, 4) is 0 Å². The first kappa shape index (κ1) is 26.2. The van der Waals surface area contributed by atoms with E-state index in [1.165, 1.54) is 24.3 Å². The zero-order chi connectivity index (χ0) is 24.7. The standard InChI is InChI=1S/C25H32ClN3O4S/c1-3-4-10-24(30)29-16-15-28(18-19(29)2)25(31)23(17-20-8-6-5-7-9-20)27-34(32,33)22-13-11-21(26)12-14-22/h5-9,11-14,19,23,27H,3-4,10,15-18H2,1-2H3. The molecule has 0 radical (unpaired) electrons. The summed E-state index contributed by atoms with van der Waals surface area (Å²) in [7, 11) is -3.95. The molecule has 0 saturated carbocycles. The Bertz CT molecular complexity index is 1080. The average molecular weight is 506 g/mol. The van der Waals surface area contributed by atoms with Gasteiger partial charge in [-0.1, -0.05) is 55.3 Å². The summed E-state index contributed by atoms with van der Waals surface area (Å²) in [5.74, 6) is -0.195. The molecule has 0 bridgehead atoms. The first-order valence-electron chi connectivity index (χ1n) is 11.6. The van der Waals surface area contributed by atoms with Gasteiger partial charge in [0.05, 0.1) is 4.90 Å². The fourth-order valence-electron chi connectivity index (χ4n) is 4.12. The lowest BCUT2D eigenvalue weighted by Gasteiger charge is -2.41. The fourth-order valence-corrected chi connectivity index (χ4v) is 5.43. The number of rotatable bonds is 9. The third kappa shape index (κ3) is 6.81. The smallest absolute Gasteiger partial charge is 0.241 e. The maximum atomic E-state index is 13.5. The zero-order valence-electron chi connectivity index (χ0n) is 19.6. The normalized spacial score (nSPS) is 17.4. The lowest BCUT2D eigenvalue weighted by Crippen LogP contribution is -2.59. The number of nitrogens with one attached hydrogen (secondary N) is 1. The minimum atomic E-state index is -3.95. The molecule has 2 aromatic carbocycles. The van der Waals surface area contributed by atoms with Gasteiger partial charge < -0.3 is 9.80 Å². The van der Waals surface area contributed by atoms with Crippen molar-refractivity contribution in [2.75, 3.05) is 19.6 Å². The summed E-state index contributed by atoms with van der Waals surface area (Å²) in [5, 5.41) is 0.427. The molecule has 1 N–H and O–H groups in total. The predicted molar refractivity (Wildman–Crippen MR) is 133 cm³/mol. The lowest BCUT2D eigenvalue weighted by atomic mass is 10.0. The molecule has 3 rings (SSSR count). The van der Waals surface area contributed by atoms with Crippen molar-refractivity contribution >= 4 is 33.4 Å². The van der Waals surface area contributed by atoms with Gasteiger partial charge in [-0.05, 0) is 49.6 Å². The van der Waals surface area contributed by atoms with Crippen LogP contribution in [-0.2, 0) is 26.0 Å². The van der Waals surface area contributed by atoms with Gasteiger partial charge in [0.15, 0.2) is 0 Å². The monoisotopic (exact) mass is 505 g/mol. The predicted octanol–water partition coefficient (Wildman–Crippen LogP) is 3.48. The Labute approximate surface area is 207 Å². The Morgan fingerprint density at radius 1 is 1.09 bits per heavy atom. The molecule has 1 heterocycles. The third-order valence-corrected chi connectivity index (χ3v) is 7.75. The zero-order valence-corrected chi connectivity index (χ0v) is 21.2. The van der Waals surface area contributed by atoms with Crippen LogP contribution in [-0.4, -0.2) is 61.7 Å². The molecule has 2 amide bonds. The minimum Gasteiger partial charge on any atom is -0.337 e. The van der Waals surface area contributed by atoms with Crippen molar-refractivity contribution < 1.29 is 18.0 Å². The Morgan fingerprint density at radius 2 is 1.76 bits per heavy atom. The highest BCUT2D eigenvalue weighted by atomic mass is 35.5. The van der Waals surface area contributed by atoms with Gasteiger partial charge in [0.2, 0.25) is 21.8 Å². The second kappa shape index (κ2) is 11.8. The molecule has 1 aliphatic heterocycles. The van der Waals surface area contributed by atoms with E-state index in [2.05, 4.69) is 4.72 Å². The summed E-state index contributed by atoms with van der Waals surface area (Å²) < 4.78 is 28.7. The van der Waals surface area contributed by atoms with Gasteiger partial charge >= 0.3 is 0 Å². The van der Waals surface area contributed by atoms with Crippen LogP contribution < -0.4 is 4.72 Å². The number of piperazine rings is 1. The van der Waals surface area contributed by atoms with Crippen molar-refractivity contribution in [1.29, 1.82) is 0 Å². The molecule has 184 valence electrons. The van der Waals surface area contributed by atoms with E-state index >= 15 is 0 Å². The highest BCUT2D eigenvalue weighted by Gasteiger charge is 2.34. The highest BCUT2D eigenvalue weighted by Crippen LogP contribution is 2.18. The van der Waals surface area contributed by atoms with Crippen molar-refractivity contribution in [2.45, 2.75) is 56.5 Å². The second-order valence-electron chi connectivity index (χ2n) is 8.64. The number of benzene rings is 2. The maximum Gasteiger partial charge on any atom is 0.241 e. The van der Waals surface area contributed by atoms with E-state index in [0.29, 0.717) is 31.1 Å². The Kier molecular flexibility index (Phi) is 9.10. The van der Waals surface area contributed by atoms with Crippen LogP contribution in [0.3, 0.4) is 0 Å². The molecule has 9 heteroatoms. The Balaban J connectivity index is 1.77. The van der Waals surface area contributed by atoms with Crippen LogP contribution in [0.15, 0.2) is 59.5 Å². The van der Waals surface area contributed by atoms with Gasteiger partial charge in [0.1, 0.15) is 6.04 Å². The van der Waals surface area contributed by atoms with E-state index in [9.17, 15) is 18.0 Å². The Morgan fingerprint density at radius 3 is 2.38 bits per heavy atom. The summed E-state index contributed by atoms with van der Waals surface area (Å²) in [6.45, 7) is 5.15. The van der Waals surface area contributed by atoms with Crippen LogP contribution >= 0.6 is 11.6 Å². The topological polar surface area (TPSA) is 86.8 Å². The highest BCUT2D eigenvalue weighted by molar-refractivity contribution is 7.89. The molecule has 34 heavy (non-hydrogen) atoms. The van der Waals surface area contributed by atoms with Gasteiger partial charge in [0, 0.05) is 37.1 Å². The molecule has 0 aromatic heterocycles. The van der Waals surface area contributed by atoms with Crippen molar-refractivity contribution in [1.82, 2.24) is 14.5 Å². The van der Waals surface area contributed by atoms with Crippen LogP contribution in [0.1, 0.15) is 38.7 Å². The molecule has 2 unspecified atom stereocenters. The van der Waals surface area contributed by atoms with Crippen LogP contribution in [0.5, 0.6) is 0 Å². The number of hydrogen-bond acceptors (Lipinski definition) is 4. The van der Waals surface area contributed by atoms with Crippen LogP contribution in [0, 0.1) is 0 Å². The summed E-state index contributed by atoms with van der Waals surface area (Å²) in [6.07, 6.45) is 2.52. The minimum absolute atomic E-state index is 0.0440. The van der Waals surface area contributed by atoms with Gasteiger partial charge in [-0.15, -0.1) is 0 Å². The van der Waals surface area contributed by atoms with Crippen LogP contribution in [0.4, 0.5) is 0 Å². The van der Waals surface area contributed by atoms with E-state index < -0.39 is 16.1 Å². The number of carbonyl (C=O) groups is 2. The second-order valence-corrected chi connectivity index (χ2v) is 10.8. The molecule has 2 atom stereocenters. The molecular formula is C25H32ClN3O4S. The number of amides is 2. The number of sulfonamides is 1. The average Bonchev–Trinajstić information content (AvgIpc) is 2.82. The molecule has 1 saturated heterocycles. The van der Waals surface area contributed by atoms with Crippen LogP contribution in [0.25, 0.3) is 0 Å². The SMILES string of the molecule is CCCCC(=O)N1CCN(C(=O)C(Cc2ccccc2)NS(=O)(=O)c2ccc(Cl)cc2)CC1C. The molecular weight excluding hydrogens is 474 g/mol. The van der Waals surface area contributed by atoms with E-state index in [0.717, 1.165) is 18.4 Å². The lowest BCUT2D eigenvalue weighted by molar-refractivity contribution is -0.143. The Hall–Kier alpha value is -2.42. The van der Waals surface area contributed by atoms with E-state index in [4.69, 9.17) is 11.6 Å². The summed E-state index contributed by atoms with van der Waals surface area (Å²) >= 11 is 5.90. The molecule has 7 nitrogen and oxygen atoms in total. The number of nitrogens with zero attached hydrogens (tertiary/aromatic N) is 2. The summed E-state index contributed by atoms with van der Waals surface area (Å²) in [6, 6.07) is 14.0. The quantitative estimate of drug-likeness (QED) is 0.565. The summed E-state index contributed by atoms with van der Waals surface area (Å²) in [5.41, 5.74) is 0.848. The maximum absolute atomic E-state index is 13.5. The number of unbranched alkanes of at least 4 members (excludes halogenated alkanes) is 1. The van der Waals surface area contributed by atoms with Gasteiger partial charge in [-0.3, -0.25) is 9.59 Å². The fraction of sp³-hybridized carbons (Fsp3) is 0.440. The first-order valence-corrected chi connectivity index (χ1v) is 13.5. The van der Waals surface area contributed by atoms with E-state index in [-0.39, 0.29) is 29.2 Å². The van der Waals surface area contributed by atoms with Crippen molar-refractivity contribution in [3.63, 3.8) is 0 Å². The number of hydrogen-bond donors (Lipinski definition) is 1. The van der Waals surface area contributed by atoms with Crippen LogP contribution in [0.2, 0.25) is 5.02 Å². The molecule has 0 spiro atoms. The molecule has 0 aliphatic carbocycles. The van der Waals surface area contributed by atoms with E-state index in [1.807, 2.05) is 49.1 Å². The van der Waals surface area contributed by atoms with Crippen molar-refractivity contribution in [2.24, 2.45) is 0 Å². The summed E-state index contributed by atoms with van der Waals surface area (Å²) in [4.78, 5) is 29.6. The van der Waals surface area contributed by atoms with Gasteiger partial charge in [-0.25, -0.2) is 8.42 Å². The van der Waals surface area contributed by atoms with Gasteiger partial charge in [0.25, 0.3) is 0 Å². The largest absolute Gasteiger partial charge is 0.337 e. The molecule has 2 aromatic rings. The number of halogens is 1. The first-order chi connectivity index (χ1) is 16.2. The van der Waals surface area contributed by atoms with E-state index in [1.54, 1.807) is 4.90 Å². The number of carbonyl (C=O) groups excluding carboxylic acids is 2. The molecule has 1 aliphatic rings. The molecule has 1 fully saturated rings. The van der Waals surface area contributed by atoms with Crippen molar-refractivity contribution in [3.05, 3.63) is 65.2 Å².